The molecule has 0 heterocycles. The average molecular weight is 386 g/mol. The second kappa shape index (κ2) is 4.57. The van der Waals surface area contributed by atoms with Gasteiger partial charge in [-0.05, 0) is 33.7 Å². The van der Waals surface area contributed by atoms with E-state index in [2.05, 4.69) is 92.5 Å². The summed E-state index contributed by atoms with van der Waals surface area (Å²) in [5, 5.41) is 7.72. The number of rotatable bonds is 0. The molecule has 20 heavy (non-hydrogen) atoms. The molecule has 0 atom stereocenters. The van der Waals surface area contributed by atoms with Crippen LogP contribution in [0.1, 0.15) is 0 Å². The minimum atomic E-state index is 1.15. The minimum absolute atomic E-state index is 1.15. The molecular formula is C18H10Br2. The van der Waals surface area contributed by atoms with Crippen molar-refractivity contribution in [3.8, 4) is 0 Å². The van der Waals surface area contributed by atoms with Crippen molar-refractivity contribution >= 4 is 64.2 Å². The lowest BCUT2D eigenvalue weighted by atomic mass is 9.94. The highest BCUT2D eigenvalue weighted by Crippen LogP contribution is 2.40. The van der Waals surface area contributed by atoms with Crippen LogP contribution in [0.3, 0.4) is 0 Å². The summed E-state index contributed by atoms with van der Waals surface area (Å²) < 4.78 is 2.29. The van der Waals surface area contributed by atoms with Crippen molar-refractivity contribution in [2.75, 3.05) is 0 Å². The Labute approximate surface area is 133 Å². The van der Waals surface area contributed by atoms with Crippen molar-refractivity contribution in [3.63, 3.8) is 0 Å². The van der Waals surface area contributed by atoms with Gasteiger partial charge >= 0.3 is 0 Å². The second-order valence-electron chi connectivity index (χ2n) is 4.87. The predicted molar refractivity (Wildman–Crippen MR) is 94.4 cm³/mol. The maximum Gasteiger partial charge on any atom is 0.0260 e. The number of halogens is 2. The van der Waals surface area contributed by atoms with Crippen molar-refractivity contribution in [1.29, 1.82) is 0 Å². The van der Waals surface area contributed by atoms with Crippen LogP contribution in [0.4, 0.5) is 0 Å². The van der Waals surface area contributed by atoms with E-state index in [1.807, 2.05) is 0 Å². The highest BCUT2D eigenvalue weighted by molar-refractivity contribution is 9.11. The van der Waals surface area contributed by atoms with Gasteiger partial charge in [0.15, 0.2) is 0 Å². The van der Waals surface area contributed by atoms with Gasteiger partial charge in [0, 0.05) is 19.7 Å². The molecule has 0 amide bonds. The predicted octanol–water partition coefficient (Wildman–Crippen LogP) is 6.67. The van der Waals surface area contributed by atoms with Crippen molar-refractivity contribution in [2.45, 2.75) is 0 Å². The molecule has 4 aromatic rings. The van der Waals surface area contributed by atoms with Crippen molar-refractivity contribution < 1.29 is 0 Å². The standard InChI is InChI=1S/C18H10Br2/c19-15-9-3-7-13-14-8-4-10-16(20)18(14)12-6-2-1-5-11(12)17(13)15/h1-10H. The SMILES string of the molecule is Brc1cccc2c3cccc(Br)c3c3ccccc3c12. The first-order valence-corrected chi connectivity index (χ1v) is 8.03. The summed E-state index contributed by atoms with van der Waals surface area (Å²) in [4.78, 5) is 0. The first-order valence-electron chi connectivity index (χ1n) is 6.44. The van der Waals surface area contributed by atoms with Gasteiger partial charge in [0.2, 0.25) is 0 Å². The molecule has 0 aromatic heterocycles. The first kappa shape index (κ1) is 12.4. The Balaban J connectivity index is 2.49. The zero-order valence-electron chi connectivity index (χ0n) is 10.5. The zero-order valence-corrected chi connectivity index (χ0v) is 13.7. The third-order valence-electron chi connectivity index (χ3n) is 3.78. The van der Waals surface area contributed by atoms with E-state index >= 15 is 0 Å². The van der Waals surface area contributed by atoms with Crippen molar-refractivity contribution in [3.05, 3.63) is 69.6 Å². The lowest BCUT2D eigenvalue weighted by Gasteiger charge is -2.12. The van der Waals surface area contributed by atoms with E-state index < -0.39 is 0 Å². The molecular weight excluding hydrogens is 376 g/mol. The first-order chi connectivity index (χ1) is 9.77. The fourth-order valence-electron chi connectivity index (χ4n) is 2.96. The van der Waals surface area contributed by atoms with E-state index in [4.69, 9.17) is 0 Å². The molecule has 0 radical (unpaired) electrons. The number of fused-ring (bicyclic) bond motifs is 6. The normalized spacial score (nSPS) is 11.5. The van der Waals surface area contributed by atoms with Crippen LogP contribution in [-0.4, -0.2) is 0 Å². The second-order valence-corrected chi connectivity index (χ2v) is 6.58. The maximum absolute atomic E-state index is 3.71. The van der Waals surface area contributed by atoms with Gasteiger partial charge in [0.1, 0.15) is 0 Å². The van der Waals surface area contributed by atoms with Crippen LogP contribution in [0.25, 0.3) is 32.3 Å². The smallest absolute Gasteiger partial charge is 0.0260 e. The average Bonchev–Trinajstić information content (AvgIpc) is 2.47. The Hall–Kier alpha value is -1.38. The summed E-state index contributed by atoms with van der Waals surface area (Å²) in [6.45, 7) is 0. The molecule has 0 bridgehead atoms. The third kappa shape index (κ3) is 1.65. The van der Waals surface area contributed by atoms with Gasteiger partial charge in [0.05, 0.1) is 0 Å². The molecule has 0 saturated heterocycles. The number of benzene rings is 4. The summed E-state index contributed by atoms with van der Waals surface area (Å²) in [6, 6.07) is 21.4. The van der Waals surface area contributed by atoms with Crippen molar-refractivity contribution in [2.24, 2.45) is 0 Å². The molecule has 0 N–H and O–H groups in total. The van der Waals surface area contributed by atoms with E-state index in [-0.39, 0.29) is 0 Å². The Bertz CT molecular complexity index is 851. The highest BCUT2D eigenvalue weighted by atomic mass is 79.9. The van der Waals surface area contributed by atoms with Gasteiger partial charge < -0.3 is 0 Å². The lowest BCUT2D eigenvalue weighted by molar-refractivity contribution is 1.72. The number of hydrogen-bond acceptors (Lipinski definition) is 0. The minimum Gasteiger partial charge on any atom is -0.0616 e. The Morgan fingerprint density at radius 2 is 0.800 bits per heavy atom. The fraction of sp³-hybridized carbons (Fsp3) is 0. The summed E-state index contributed by atoms with van der Waals surface area (Å²) in [5.74, 6) is 0. The summed E-state index contributed by atoms with van der Waals surface area (Å²) in [6.07, 6.45) is 0. The largest absolute Gasteiger partial charge is 0.0616 e. The van der Waals surface area contributed by atoms with Crippen LogP contribution < -0.4 is 0 Å². The van der Waals surface area contributed by atoms with Crippen LogP contribution in [0.15, 0.2) is 69.6 Å². The van der Waals surface area contributed by atoms with E-state index in [1.54, 1.807) is 0 Å². The quantitative estimate of drug-likeness (QED) is 0.296. The molecule has 96 valence electrons. The molecule has 0 aliphatic heterocycles. The Morgan fingerprint density at radius 1 is 0.450 bits per heavy atom. The van der Waals surface area contributed by atoms with E-state index in [0.29, 0.717) is 0 Å². The van der Waals surface area contributed by atoms with Gasteiger partial charge in [-0.2, -0.15) is 0 Å². The van der Waals surface area contributed by atoms with Gasteiger partial charge in [-0.1, -0.05) is 80.4 Å². The van der Waals surface area contributed by atoms with Crippen LogP contribution in [-0.2, 0) is 0 Å². The van der Waals surface area contributed by atoms with Gasteiger partial charge in [-0.15, -0.1) is 0 Å². The van der Waals surface area contributed by atoms with Gasteiger partial charge in [-0.25, -0.2) is 0 Å². The summed E-state index contributed by atoms with van der Waals surface area (Å²) >= 11 is 7.42. The molecule has 0 fully saturated rings. The third-order valence-corrected chi connectivity index (χ3v) is 5.10. The molecule has 0 aliphatic carbocycles. The molecule has 0 unspecified atom stereocenters. The van der Waals surface area contributed by atoms with Gasteiger partial charge in [0.25, 0.3) is 0 Å². The molecule has 0 saturated carbocycles. The topological polar surface area (TPSA) is 0 Å². The zero-order chi connectivity index (χ0) is 13.7. The lowest BCUT2D eigenvalue weighted by Crippen LogP contribution is -1.84. The van der Waals surface area contributed by atoms with E-state index in [9.17, 15) is 0 Å². The van der Waals surface area contributed by atoms with E-state index in [0.717, 1.165) is 8.95 Å². The number of hydrogen-bond donors (Lipinski definition) is 0. The molecule has 0 spiro atoms. The molecule has 0 aliphatic rings. The molecule has 4 rings (SSSR count). The monoisotopic (exact) mass is 384 g/mol. The van der Waals surface area contributed by atoms with Gasteiger partial charge in [-0.3, -0.25) is 0 Å². The van der Waals surface area contributed by atoms with Crippen LogP contribution in [0.2, 0.25) is 0 Å². The highest BCUT2D eigenvalue weighted by Gasteiger charge is 2.11. The maximum atomic E-state index is 3.71. The Morgan fingerprint density at radius 3 is 1.20 bits per heavy atom. The van der Waals surface area contributed by atoms with E-state index in [1.165, 1.54) is 32.3 Å². The summed E-state index contributed by atoms with van der Waals surface area (Å²) in [7, 11) is 0. The van der Waals surface area contributed by atoms with Crippen LogP contribution >= 0.6 is 31.9 Å². The van der Waals surface area contributed by atoms with Crippen LogP contribution in [0.5, 0.6) is 0 Å². The molecule has 0 nitrogen and oxygen atoms in total. The molecule has 2 heteroatoms. The Kier molecular flexibility index (Phi) is 2.83. The molecule has 4 aromatic carbocycles. The van der Waals surface area contributed by atoms with Crippen LogP contribution in [0, 0.1) is 0 Å². The fourth-order valence-corrected chi connectivity index (χ4v) is 4.12. The van der Waals surface area contributed by atoms with Crippen molar-refractivity contribution in [1.82, 2.24) is 0 Å². The summed E-state index contributed by atoms with van der Waals surface area (Å²) in [5.41, 5.74) is 0.